The zero-order valence-corrected chi connectivity index (χ0v) is 11.6. The molecule has 1 aromatic carbocycles. The number of ether oxygens (including phenoxy) is 1. The van der Waals surface area contributed by atoms with Gasteiger partial charge in [0.2, 0.25) is 0 Å². The summed E-state index contributed by atoms with van der Waals surface area (Å²) in [6.45, 7) is 4.76. The molecule has 4 heteroatoms. The second-order valence-corrected chi connectivity index (χ2v) is 5.25. The molecule has 0 radical (unpaired) electrons. The zero-order valence-electron chi connectivity index (χ0n) is 11.6. The molecular formula is C16H21NO3. The minimum absolute atomic E-state index is 0.112. The summed E-state index contributed by atoms with van der Waals surface area (Å²) in [6, 6.07) is 7.18. The van der Waals surface area contributed by atoms with Crippen LogP contribution in [0.2, 0.25) is 0 Å². The van der Waals surface area contributed by atoms with Crippen molar-refractivity contribution in [1.29, 1.82) is 0 Å². The number of hydrogen-bond acceptors (Lipinski definition) is 3. The molecule has 1 aromatic rings. The Morgan fingerprint density at radius 2 is 2.20 bits per heavy atom. The number of aliphatic hydroxyl groups is 1. The van der Waals surface area contributed by atoms with E-state index < -0.39 is 0 Å². The maximum atomic E-state index is 12.2. The lowest BCUT2D eigenvalue weighted by atomic mass is 10.0. The molecule has 0 aliphatic heterocycles. The molecule has 0 bridgehead atoms. The SMILES string of the molecule is C=CCOc1ccccc1C(=O)NCC1(CCO)CC1. The first kappa shape index (κ1) is 14.6. The third kappa shape index (κ3) is 3.61. The molecule has 4 nitrogen and oxygen atoms in total. The van der Waals surface area contributed by atoms with Crippen LogP contribution in [-0.2, 0) is 0 Å². The minimum atomic E-state index is -0.131. The number of amides is 1. The summed E-state index contributed by atoms with van der Waals surface area (Å²) in [5.74, 6) is 0.436. The van der Waals surface area contributed by atoms with Gasteiger partial charge in [-0.1, -0.05) is 24.8 Å². The Morgan fingerprint density at radius 1 is 1.45 bits per heavy atom. The maximum Gasteiger partial charge on any atom is 0.255 e. The standard InChI is InChI=1S/C16H21NO3/c1-2-11-20-14-6-4-3-5-13(14)15(19)17-12-16(7-8-16)9-10-18/h2-6,18H,1,7-12H2,(H,17,19). The van der Waals surface area contributed by atoms with Gasteiger partial charge in [-0.15, -0.1) is 0 Å². The largest absolute Gasteiger partial charge is 0.489 e. The van der Waals surface area contributed by atoms with Gasteiger partial charge in [-0.2, -0.15) is 0 Å². The van der Waals surface area contributed by atoms with Crippen LogP contribution in [0.1, 0.15) is 29.6 Å². The Balaban J connectivity index is 1.96. The van der Waals surface area contributed by atoms with Crippen molar-refractivity contribution in [3.05, 3.63) is 42.5 Å². The Morgan fingerprint density at radius 3 is 2.85 bits per heavy atom. The van der Waals surface area contributed by atoms with Crippen LogP contribution in [0.15, 0.2) is 36.9 Å². The Kier molecular flexibility index (Phi) is 4.79. The molecule has 1 saturated carbocycles. The Bertz CT molecular complexity index is 480. The summed E-state index contributed by atoms with van der Waals surface area (Å²) in [5.41, 5.74) is 0.649. The predicted molar refractivity (Wildman–Crippen MR) is 77.8 cm³/mol. The highest BCUT2D eigenvalue weighted by molar-refractivity contribution is 5.96. The summed E-state index contributed by atoms with van der Waals surface area (Å²) in [7, 11) is 0. The number of aliphatic hydroxyl groups excluding tert-OH is 1. The molecule has 1 aliphatic carbocycles. The van der Waals surface area contributed by atoms with Crippen LogP contribution in [-0.4, -0.2) is 30.8 Å². The monoisotopic (exact) mass is 275 g/mol. The predicted octanol–water partition coefficient (Wildman–Crippen LogP) is 2.14. The zero-order chi connectivity index (χ0) is 14.4. The van der Waals surface area contributed by atoms with E-state index in [2.05, 4.69) is 11.9 Å². The van der Waals surface area contributed by atoms with Crippen molar-refractivity contribution in [3.63, 3.8) is 0 Å². The molecule has 0 heterocycles. The lowest BCUT2D eigenvalue weighted by Gasteiger charge is -2.15. The number of para-hydroxylation sites is 1. The van der Waals surface area contributed by atoms with Crippen molar-refractivity contribution in [1.82, 2.24) is 5.32 Å². The Labute approximate surface area is 119 Å². The van der Waals surface area contributed by atoms with Crippen LogP contribution in [0.5, 0.6) is 5.75 Å². The van der Waals surface area contributed by atoms with E-state index in [1.54, 1.807) is 18.2 Å². The minimum Gasteiger partial charge on any atom is -0.489 e. The van der Waals surface area contributed by atoms with E-state index in [1.807, 2.05) is 12.1 Å². The Hall–Kier alpha value is -1.81. The van der Waals surface area contributed by atoms with E-state index >= 15 is 0 Å². The molecule has 0 unspecified atom stereocenters. The number of carbonyl (C=O) groups excluding carboxylic acids is 1. The van der Waals surface area contributed by atoms with Gasteiger partial charge in [0.15, 0.2) is 0 Å². The highest BCUT2D eigenvalue weighted by Crippen LogP contribution is 2.47. The molecule has 0 aromatic heterocycles. The van der Waals surface area contributed by atoms with E-state index in [1.165, 1.54) is 0 Å². The van der Waals surface area contributed by atoms with Crippen LogP contribution >= 0.6 is 0 Å². The van der Waals surface area contributed by atoms with Gasteiger partial charge < -0.3 is 15.2 Å². The van der Waals surface area contributed by atoms with Crippen molar-refractivity contribution in [2.45, 2.75) is 19.3 Å². The molecule has 108 valence electrons. The van der Waals surface area contributed by atoms with Crippen molar-refractivity contribution in [2.24, 2.45) is 5.41 Å². The fourth-order valence-electron chi connectivity index (χ4n) is 2.22. The number of hydrogen-bond donors (Lipinski definition) is 2. The van der Waals surface area contributed by atoms with Crippen molar-refractivity contribution in [2.75, 3.05) is 19.8 Å². The molecule has 2 N–H and O–H groups in total. The summed E-state index contributed by atoms with van der Waals surface area (Å²) in [4.78, 5) is 12.2. The third-order valence-corrected chi connectivity index (χ3v) is 3.71. The van der Waals surface area contributed by atoms with Gasteiger partial charge in [-0.3, -0.25) is 4.79 Å². The quantitative estimate of drug-likeness (QED) is 0.715. The van der Waals surface area contributed by atoms with E-state index in [0.717, 1.165) is 19.3 Å². The molecule has 0 saturated heterocycles. The molecule has 20 heavy (non-hydrogen) atoms. The summed E-state index contributed by atoms with van der Waals surface area (Å²) >= 11 is 0. The topological polar surface area (TPSA) is 58.6 Å². The van der Waals surface area contributed by atoms with Crippen LogP contribution in [0.4, 0.5) is 0 Å². The molecule has 1 fully saturated rings. The fourth-order valence-corrected chi connectivity index (χ4v) is 2.22. The van der Waals surface area contributed by atoms with Crippen molar-refractivity contribution >= 4 is 5.91 Å². The van der Waals surface area contributed by atoms with Crippen LogP contribution in [0.25, 0.3) is 0 Å². The van der Waals surface area contributed by atoms with Crippen LogP contribution < -0.4 is 10.1 Å². The second-order valence-electron chi connectivity index (χ2n) is 5.25. The number of nitrogens with one attached hydrogen (secondary N) is 1. The smallest absolute Gasteiger partial charge is 0.255 e. The first-order valence-electron chi connectivity index (χ1n) is 6.92. The summed E-state index contributed by atoms with van der Waals surface area (Å²) in [6.07, 6.45) is 4.54. The van der Waals surface area contributed by atoms with Gasteiger partial charge in [0, 0.05) is 13.2 Å². The second kappa shape index (κ2) is 6.57. The lowest BCUT2D eigenvalue weighted by molar-refractivity contribution is 0.0937. The third-order valence-electron chi connectivity index (χ3n) is 3.71. The summed E-state index contributed by atoms with van der Waals surface area (Å²) < 4.78 is 5.48. The van der Waals surface area contributed by atoms with Crippen molar-refractivity contribution in [3.8, 4) is 5.75 Å². The summed E-state index contributed by atoms with van der Waals surface area (Å²) in [5, 5.41) is 12.0. The highest BCUT2D eigenvalue weighted by atomic mass is 16.5. The first-order chi connectivity index (χ1) is 9.71. The van der Waals surface area contributed by atoms with E-state index in [-0.39, 0.29) is 17.9 Å². The molecule has 0 spiro atoms. The highest BCUT2D eigenvalue weighted by Gasteiger charge is 2.41. The lowest BCUT2D eigenvalue weighted by Crippen LogP contribution is -2.31. The van der Waals surface area contributed by atoms with Gasteiger partial charge in [-0.05, 0) is 36.8 Å². The van der Waals surface area contributed by atoms with Crippen molar-refractivity contribution < 1.29 is 14.6 Å². The average molecular weight is 275 g/mol. The average Bonchev–Trinajstić information content (AvgIpc) is 3.23. The number of carbonyl (C=O) groups is 1. The first-order valence-corrected chi connectivity index (χ1v) is 6.92. The number of rotatable bonds is 8. The van der Waals surface area contributed by atoms with Crippen LogP contribution in [0.3, 0.4) is 0 Å². The van der Waals surface area contributed by atoms with Gasteiger partial charge in [0.05, 0.1) is 5.56 Å². The van der Waals surface area contributed by atoms with E-state index in [0.29, 0.717) is 24.5 Å². The fraction of sp³-hybridized carbons (Fsp3) is 0.438. The maximum absolute atomic E-state index is 12.2. The molecule has 0 atom stereocenters. The van der Waals surface area contributed by atoms with E-state index in [9.17, 15) is 4.79 Å². The van der Waals surface area contributed by atoms with Gasteiger partial charge in [0.1, 0.15) is 12.4 Å². The van der Waals surface area contributed by atoms with Crippen LogP contribution in [0, 0.1) is 5.41 Å². The van der Waals surface area contributed by atoms with E-state index in [4.69, 9.17) is 9.84 Å². The molecule has 1 amide bonds. The van der Waals surface area contributed by atoms with Gasteiger partial charge >= 0.3 is 0 Å². The van der Waals surface area contributed by atoms with Gasteiger partial charge in [0.25, 0.3) is 5.91 Å². The van der Waals surface area contributed by atoms with Gasteiger partial charge in [-0.25, -0.2) is 0 Å². The normalized spacial score (nSPS) is 15.4. The number of benzene rings is 1. The molecule has 1 aliphatic rings. The molecule has 2 rings (SSSR count). The molecular weight excluding hydrogens is 254 g/mol.